The van der Waals surface area contributed by atoms with Crippen molar-refractivity contribution in [3.8, 4) is 0 Å². The summed E-state index contributed by atoms with van der Waals surface area (Å²) in [5.41, 5.74) is 6.26. The average Bonchev–Trinajstić information content (AvgIpc) is 2.12. The standard InChI is InChI=1S/C8H14N2O.C2H6/c1-7(2-9)3-10-4-8-5-11-6-8;1-2/h2-3,8H,4-6,9H2,1H3;1-2H3/b7-2-,10-3?;. The van der Waals surface area contributed by atoms with Crippen molar-refractivity contribution >= 4 is 6.21 Å². The number of nitrogens with zero attached hydrogens (tertiary/aromatic N) is 1. The fourth-order valence-corrected chi connectivity index (χ4v) is 0.779. The van der Waals surface area contributed by atoms with Gasteiger partial charge in [-0.1, -0.05) is 13.8 Å². The fourth-order valence-electron chi connectivity index (χ4n) is 0.779. The van der Waals surface area contributed by atoms with E-state index in [1.54, 1.807) is 12.4 Å². The zero-order valence-corrected chi connectivity index (χ0v) is 8.79. The van der Waals surface area contributed by atoms with Crippen molar-refractivity contribution in [2.24, 2.45) is 16.6 Å². The second kappa shape index (κ2) is 7.80. The minimum Gasteiger partial charge on any atom is -0.404 e. The van der Waals surface area contributed by atoms with Crippen molar-refractivity contribution < 1.29 is 4.74 Å². The molecule has 0 spiro atoms. The van der Waals surface area contributed by atoms with E-state index in [0.29, 0.717) is 5.92 Å². The van der Waals surface area contributed by atoms with Gasteiger partial charge < -0.3 is 10.5 Å². The van der Waals surface area contributed by atoms with Gasteiger partial charge in [-0.3, -0.25) is 4.99 Å². The predicted molar refractivity (Wildman–Crippen MR) is 57.0 cm³/mol. The lowest BCUT2D eigenvalue weighted by Crippen LogP contribution is -2.29. The number of hydrogen-bond acceptors (Lipinski definition) is 3. The van der Waals surface area contributed by atoms with Gasteiger partial charge in [0.1, 0.15) is 0 Å². The van der Waals surface area contributed by atoms with Crippen LogP contribution in [0.3, 0.4) is 0 Å². The molecule has 3 heteroatoms. The third kappa shape index (κ3) is 5.42. The average molecular weight is 184 g/mol. The van der Waals surface area contributed by atoms with Gasteiger partial charge in [0.15, 0.2) is 0 Å². The smallest absolute Gasteiger partial charge is 0.0534 e. The van der Waals surface area contributed by atoms with Gasteiger partial charge >= 0.3 is 0 Å². The lowest BCUT2D eigenvalue weighted by atomic mass is 10.1. The van der Waals surface area contributed by atoms with Gasteiger partial charge in [0.05, 0.1) is 13.2 Å². The van der Waals surface area contributed by atoms with E-state index in [9.17, 15) is 0 Å². The second-order valence-corrected chi connectivity index (χ2v) is 2.81. The van der Waals surface area contributed by atoms with Gasteiger partial charge in [-0.15, -0.1) is 0 Å². The summed E-state index contributed by atoms with van der Waals surface area (Å²) in [5, 5.41) is 0. The van der Waals surface area contributed by atoms with Crippen LogP contribution in [-0.2, 0) is 4.74 Å². The summed E-state index contributed by atoms with van der Waals surface area (Å²) in [6, 6.07) is 0. The van der Waals surface area contributed by atoms with Gasteiger partial charge in [0.2, 0.25) is 0 Å². The highest BCUT2D eigenvalue weighted by molar-refractivity contribution is 5.77. The predicted octanol–water partition coefficient (Wildman–Crippen LogP) is 1.59. The summed E-state index contributed by atoms with van der Waals surface area (Å²) in [5.74, 6) is 0.636. The molecule has 0 radical (unpaired) electrons. The van der Waals surface area contributed by atoms with Crippen molar-refractivity contribution in [1.29, 1.82) is 0 Å². The molecular formula is C10H20N2O. The molecule has 1 heterocycles. The molecule has 1 aliphatic heterocycles. The summed E-state index contributed by atoms with van der Waals surface area (Å²) >= 11 is 0. The quantitative estimate of drug-likeness (QED) is 0.677. The van der Waals surface area contributed by atoms with Crippen LogP contribution in [0, 0.1) is 5.92 Å². The van der Waals surface area contributed by atoms with Crippen LogP contribution in [0.5, 0.6) is 0 Å². The molecule has 3 nitrogen and oxygen atoms in total. The van der Waals surface area contributed by atoms with E-state index in [1.165, 1.54) is 0 Å². The normalized spacial score (nSPS) is 17.9. The van der Waals surface area contributed by atoms with E-state index >= 15 is 0 Å². The number of nitrogens with two attached hydrogens (primary N) is 1. The number of hydrogen-bond donors (Lipinski definition) is 1. The zero-order valence-electron chi connectivity index (χ0n) is 8.79. The molecule has 0 bridgehead atoms. The Kier molecular flexibility index (Phi) is 7.30. The third-order valence-electron chi connectivity index (χ3n) is 1.63. The van der Waals surface area contributed by atoms with E-state index in [2.05, 4.69) is 4.99 Å². The summed E-state index contributed by atoms with van der Waals surface area (Å²) in [6.07, 6.45) is 3.36. The minimum atomic E-state index is 0.636. The molecule has 0 atom stereocenters. The molecule has 0 aliphatic carbocycles. The molecule has 0 aromatic carbocycles. The highest BCUT2D eigenvalue weighted by Gasteiger charge is 2.16. The van der Waals surface area contributed by atoms with Crippen molar-refractivity contribution in [2.75, 3.05) is 19.8 Å². The highest BCUT2D eigenvalue weighted by atomic mass is 16.5. The Morgan fingerprint density at radius 3 is 2.54 bits per heavy atom. The first-order valence-electron chi connectivity index (χ1n) is 4.79. The van der Waals surface area contributed by atoms with Crippen molar-refractivity contribution in [1.82, 2.24) is 0 Å². The SMILES string of the molecule is C/C(C=NCC1COC1)=C/N.CC. The second-order valence-electron chi connectivity index (χ2n) is 2.81. The first-order chi connectivity index (χ1) is 6.33. The lowest BCUT2D eigenvalue weighted by molar-refractivity contribution is -0.0265. The third-order valence-corrected chi connectivity index (χ3v) is 1.63. The summed E-state index contributed by atoms with van der Waals surface area (Å²) in [7, 11) is 0. The van der Waals surface area contributed by atoms with Crippen molar-refractivity contribution in [2.45, 2.75) is 20.8 Å². The molecule has 1 fully saturated rings. The van der Waals surface area contributed by atoms with E-state index in [4.69, 9.17) is 10.5 Å². The Morgan fingerprint density at radius 1 is 1.54 bits per heavy atom. The number of rotatable bonds is 3. The number of ether oxygens (including phenoxy) is 1. The highest BCUT2D eigenvalue weighted by Crippen LogP contribution is 2.09. The molecule has 1 saturated heterocycles. The maximum absolute atomic E-state index is 5.26. The maximum atomic E-state index is 5.26. The number of allylic oxidation sites excluding steroid dienone is 1. The monoisotopic (exact) mass is 184 g/mol. The fraction of sp³-hybridized carbons (Fsp3) is 0.700. The Bertz CT molecular complexity index is 172. The topological polar surface area (TPSA) is 47.6 Å². The van der Waals surface area contributed by atoms with E-state index in [-0.39, 0.29) is 0 Å². The summed E-state index contributed by atoms with van der Waals surface area (Å²) in [4.78, 5) is 4.21. The first kappa shape index (κ1) is 12.2. The van der Waals surface area contributed by atoms with Gasteiger partial charge in [-0.2, -0.15) is 0 Å². The van der Waals surface area contributed by atoms with Crippen LogP contribution in [0.4, 0.5) is 0 Å². The minimum absolute atomic E-state index is 0.636. The maximum Gasteiger partial charge on any atom is 0.0534 e. The molecule has 1 rings (SSSR count). The van der Waals surface area contributed by atoms with Crippen LogP contribution >= 0.6 is 0 Å². The summed E-state index contributed by atoms with van der Waals surface area (Å²) < 4.78 is 5.01. The molecule has 0 saturated carbocycles. The zero-order chi connectivity index (χ0) is 10.1. The molecule has 0 aromatic heterocycles. The van der Waals surface area contributed by atoms with Gasteiger partial charge in [0, 0.05) is 18.7 Å². The van der Waals surface area contributed by atoms with Crippen LogP contribution in [0.1, 0.15) is 20.8 Å². The molecule has 0 aromatic rings. The molecular weight excluding hydrogens is 164 g/mol. The number of aliphatic imine (C=N–C) groups is 1. The Labute approximate surface area is 80.7 Å². The van der Waals surface area contributed by atoms with Gasteiger partial charge in [0.25, 0.3) is 0 Å². The lowest BCUT2D eigenvalue weighted by Gasteiger charge is -2.23. The molecule has 0 unspecified atom stereocenters. The molecule has 0 amide bonds. The van der Waals surface area contributed by atoms with E-state index < -0.39 is 0 Å². The van der Waals surface area contributed by atoms with Crippen LogP contribution in [0.15, 0.2) is 16.8 Å². The van der Waals surface area contributed by atoms with Gasteiger partial charge in [-0.25, -0.2) is 0 Å². The van der Waals surface area contributed by atoms with E-state index in [0.717, 1.165) is 25.3 Å². The molecule has 2 N–H and O–H groups in total. The first-order valence-corrected chi connectivity index (χ1v) is 4.79. The van der Waals surface area contributed by atoms with Crippen LogP contribution in [-0.4, -0.2) is 26.0 Å². The van der Waals surface area contributed by atoms with Crippen molar-refractivity contribution in [3.63, 3.8) is 0 Å². The largest absolute Gasteiger partial charge is 0.404 e. The Hall–Kier alpha value is -0.830. The van der Waals surface area contributed by atoms with Gasteiger partial charge in [-0.05, 0) is 18.7 Å². The van der Waals surface area contributed by atoms with E-state index in [1.807, 2.05) is 20.8 Å². The summed E-state index contributed by atoms with van der Waals surface area (Å²) in [6.45, 7) is 8.53. The van der Waals surface area contributed by atoms with Crippen LogP contribution in [0.25, 0.3) is 0 Å². The van der Waals surface area contributed by atoms with Crippen molar-refractivity contribution in [3.05, 3.63) is 11.8 Å². The molecule has 1 aliphatic rings. The molecule has 76 valence electrons. The molecule has 13 heavy (non-hydrogen) atoms. The van der Waals surface area contributed by atoms with Crippen LogP contribution in [0.2, 0.25) is 0 Å². The van der Waals surface area contributed by atoms with Crippen LogP contribution < -0.4 is 5.73 Å². The Balaban J connectivity index is 0.000000671. The Morgan fingerprint density at radius 2 is 2.15 bits per heavy atom.